The molecule has 0 N–H and O–H groups in total. The van der Waals surface area contributed by atoms with E-state index in [0.717, 1.165) is 12.1 Å². The summed E-state index contributed by atoms with van der Waals surface area (Å²) in [5, 5.41) is 0. The zero-order valence-electron chi connectivity index (χ0n) is 5.27. The molecule has 4 heteroatoms. The SMILES string of the molecule is O=C(Br)c1cc(F)cc(F)c1. The molecule has 1 aromatic rings. The number of hydrogen-bond donors (Lipinski definition) is 0. The second-order valence-electron chi connectivity index (χ2n) is 1.93. The van der Waals surface area contributed by atoms with E-state index in [4.69, 9.17) is 0 Å². The molecule has 0 aromatic heterocycles. The first-order chi connectivity index (χ1) is 5.09. The Morgan fingerprint density at radius 3 is 2.00 bits per heavy atom. The van der Waals surface area contributed by atoms with Crippen molar-refractivity contribution < 1.29 is 13.6 Å². The van der Waals surface area contributed by atoms with Crippen LogP contribution in [-0.2, 0) is 0 Å². The van der Waals surface area contributed by atoms with E-state index in [2.05, 4.69) is 15.9 Å². The van der Waals surface area contributed by atoms with Crippen molar-refractivity contribution in [1.29, 1.82) is 0 Å². The number of hydrogen-bond acceptors (Lipinski definition) is 1. The van der Waals surface area contributed by atoms with Gasteiger partial charge in [-0.15, -0.1) is 0 Å². The van der Waals surface area contributed by atoms with Gasteiger partial charge in [-0.25, -0.2) is 8.78 Å². The van der Waals surface area contributed by atoms with Gasteiger partial charge in [-0.05, 0) is 28.1 Å². The molecule has 0 radical (unpaired) electrons. The standard InChI is InChI=1S/C7H3BrF2O/c8-7(11)4-1-5(9)3-6(10)2-4/h1-3H. The fourth-order valence-corrected chi connectivity index (χ4v) is 0.896. The predicted molar refractivity (Wildman–Crippen MR) is 39.6 cm³/mol. The maximum atomic E-state index is 12.4. The normalized spacial score (nSPS) is 9.73. The molecule has 0 amide bonds. The van der Waals surface area contributed by atoms with Crippen LogP contribution < -0.4 is 0 Å². The van der Waals surface area contributed by atoms with Crippen molar-refractivity contribution in [3.05, 3.63) is 35.4 Å². The van der Waals surface area contributed by atoms with Crippen molar-refractivity contribution in [2.45, 2.75) is 0 Å². The number of benzene rings is 1. The molecule has 11 heavy (non-hydrogen) atoms. The lowest BCUT2D eigenvalue weighted by molar-refractivity contribution is 0.109. The summed E-state index contributed by atoms with van der Waals surface area (Å²) in [6.07, 6.45) is 0. The van der Waals surface area contributed by atoms with E-state index in [1.165, 1.54) is 0 Å². The molecule has 0 aliphatic carbocycles. The summed E-state index contributed by atoms with van der Waals surface area (Å²) in [7, 11) is 0. The summed E-state index contributed by atoms with van der Waals surface area (Å²) >= 11 is 2.58. The topological polar surface area (TPSA) is 17.1 Å². The number of carbonyl (C=O) groups excluding carboxylic acids is 1. The first-order valence-electron chi connectivity index (χ1n) is 2.75. The third-order valence-electron chi connectivity index (χ3n) is 1.09. The number of carbonyl (C=O) groups is 1. The van der Waals surface area contributed by atoms with Crippen LogP contribution in [-0.4, -0.2) is 4.69 Å². The molecule has 0 aliphatic rings. The average Bonchev–Trinajstić information content (AvgIpc) is 1.85. The van der Waals surface area contributed by atoms with Crippen molar-refractivity contribution in [1.82, 2.24) is 0 Å². The quantitative estimate of drug-likeness (QED) is 0.665. The summed E-state index contributed by atoms with van der Waals surface area (Å²) in [6.45, 7) is 0. The van der Waals surface area contributed by atoms with Gasteiger partial charge in [-0.2, -0.15) is 0 Å². The minimum atomic E-state index is -0.757. The van der Waals surface area contributed by atoms with Crippen LogP contribution in [0.3, 0.4) is 0 Å². The van der Waals surface area contributed by atoms with E-state index in [9.17, 15) is 13.6 Å². The van der Waals surface area contributed by atoms with Gasteiger partial charge in [0.05, 0.1) is 0 Å². The lowest BCUT2D eigenvalue weighted by Crippen LogP contribution is -1.90. The Morgan fingerprint density at radius 1 is 1.18 bits per heavy atom. The monoisotopic (exact) mass is 220 g/mol. The molecule has 0 heterocycles. The highest BCUT2D eigenvalue weighted by Gasteiger charge is 2.04. The fourth-order valence-electron chi connectivity index (χ4n) is 0.667. The van der Waals surface area contributed by atoms with Gasteiger partial charge in [-0.3, -0.25) is 4.79 Å². The Kier molecular flexibility index (Phi) is 2.34. The van der Waals surface area contributed by atoms with Crippen molar-refractivity contribution in [3.8, 4) is 0 Å². The van der Waals surface area contributed by atoms with Gasteiger partial charge in [0, 0.05) is 11.6 Å². The molecule has 0 aliphatic heterocycles. The molecular formula is C7H3BrF2O. The molecule has 58 valence electrons. The molecule has 0 saturated heterocycles. The third kappa shape index (κ3) is 2.08. The van der Waals surface area contributed by atoms with Crippen molar-refractivity contribution in [3.63, 3.8) is 0 Å². The molecule has 0 unspecified atom stereocenters. The van der Waals surface area contributed by atoms with Crippen LogP contribution in [0.5, 0.6) is 0 Å². The number of halogens is 3. The van der Waals surface area contributed by atoms with Gasteiger partial charge >= 0.3 is 0 Å². The van der Waals surface area contributed by atoms with Crippen LogP contribution in [0.15, 0.2) is 18.2 Å². The van der Waals surface area contributed by atoms with E-state index in [-0.39, 0.29) is 5.56 Å². The van der Waals surface area contributed by atoms with Crippen LogP contribution in [0.4, 0.5) is 8.78 Å². The molecule has 0 spiro atoms. The van der Waals surface area contributed by atoms with Crippen molar-refractivity contribution in [2.75, 3.05) is 0 Å². The highest BCUT2D eigenvalue weighted by Crippen LogP contribution is 2.10. The van der Waals surface area contributed by atoms with Gasteiger partial charge < -0.3 is 0 Å². The summed E-state index contributed by atoms with van der Waals surface area (Å²) in [5.74, 6) is -1.51. The molecule has 1 rings (SSSR count). The van der Waals surface area contributed by atoms with E-state index >= 15 is 0 Å². The van der Waals surface area contributed by atoms with Gasteiger partial charge in [0.2, 0.25) is 4.69 Å². The second kappa shape index (κ2) is 3.09. The summed E-state index contributed by atoms with van der Waals surface area (Å²) in [6, 6.07) is 2.62. The molecule has 0 atom stereocenters. The van der Waals surface area contributed by atoms with E-state index in [0.29, 0.717) is 6.07 Å². The van der Waals surface area contributed by atoms with Crippen molar-refractivity contribution in [2.24, 2.45) is 0 Å². The van der Waals surface area contributed by atoms with E-state index in [1.54, 1.807) is 0 Å². The first-order valence-corrected chi connectivity index (χ1v) is 3.55. The Hall–Kier alpha value is -0.770. The Balaban J connectivity index is 3.19. The van der Waals surface area contributed by atoms with Crippen LogP contribution in [0, 0.1) is 11.6 Å². The Labute approximate surface area is 70.2 Å². The molecule has 0 fully saturated rings. The average molecular weight is 221 g/mol. The molecule has 0 saturated carbocycles. The summed E-state index contributed by atoms with van der Waals surface area (Å²) in [5.41, 5.74) is -0.0255. The fraction of sp³-hybridized carbons (Fsp3) is 0. The van der Waals surface area contributed by atoms with Gasteiger partial charge in [-0.1, -0.05) is 0 Å². The highest BCUT2D eigenvalue weighted by molar-refractivity contribution is 9.18. The zero-order chi connectivity index (χ0) is 8.43. The largest absolute Gasteiger partial charge is 0.281 e. The molecule has 1 aromatic carbocycles. The first kappa shape index (κ1) is 8.33. The minimum Gasteiger partial charge on any atom is -0.281 e. The van der Waals surface area contributed by atoms with Gasteiger partial charge in [0.15, 0.2) is 0 Å². The molecule has 1 nitrogen and oxygen atoms in total. The summed E-state index contributed by atoms with van der Waals surface area (Å²) in [4.78, 5) is 10.5. The third-order valence-corrected chi connectivity index (χ3v) is 1.55. The maximum Gasteiger partial charge on any atom is 0.228 e. The highest BCUT2D eigenvalue weighted by atomic mass is 79.9. The maximum absolute atomic E-state index is 12.4. The molecule has 0 bridgehead atoms. The Morgan fingerprint density at radius 2 is 1.64 bits per heavy atom. The number of rotatable bonds is 1. The van der Waals surface area contributed by atoms with E-state index < -0.39 is 16.3 Å². The lowest BCUT2D eigenvalue weighted by Gasteiger charge is -1.93. The lowest BCUT2D eigenvalue weighted by atomic mass is 10.2. The van der Waals surface area contributed by atoms with Crippen LogP contribution in [0.1, 0.15) is 10.4 Å². The van der Waals surface area contributed by atoms with Crippen LogP contribution >= 0.6 is 15.9 Å². The molecular weight excluding hydrogens is 218 g/mol. The van der Waals surface area contributed by atoms with Crippen LogP contribution in [0.25, 0.3) is 0 Å². The zero-order valence-corrected chi connectivity index (χ0v) is 6.86. The van der Waals surface area contributed by atoms with Crippen molar-refractivity contribution >= 4 is 20.6 Å². The van der Waals surface area contributed by atoms with Crippen LogP contribution in [0.2, 0.25) is 0 Å². The summed E-state index contributed by atoms with van der Waals surface area (Å²) < 4.78 is 24.2. The van der Waals surface area contributed by atoms with Gasteiger partial charge in [0.25, 0.3) is 0 Å². The second-order valence-corrected chi connectivity index (χ2v) is 2.65. The van der Waals surface area contributed by atoms with E-state index in [1.807, 2.05) is 0 Å². The Bertz CT molecular complexity index is 278. The van der Waals surface area contributed by atoms with Gasteiger partial charge in [0.1, 0.15) is 11.6 Å². The smallest absolute Gasteiger partial charge is 0.228 e. The predicted octanol–water partition coefficient (Wildman–Crippen LogP) is 2.50. The minimum absolute atomic E-state index is 0.0255.